The van der Waals surface area contributed by atoms with E-state index in [1.807, 2.05) is 0 Å². The molecular weight excluding hydrogens is 220 g/mol. The lowest BCUT2D eigenvalue weighted by atomic mass is 9.93. The second-order valence-electron chi connectivity index (χ2n) is 4.80. The van der Waals surface area contributed by atoms with Gasteiger partial charge in [0.2, 0.25) is 5.91 Å². The fourth-order valence-corrected chi connectivity index (χ4v) is 2.17. The molecule has 1 atom stereocenters. The summed E-state index contributed by atoms with van der Waals surface area (Å²) in [5.41, 5.74) is 0. The third-order valence-corrected chi connectivity index (χ3v) is 3.13. The largest absolute Gasteiger partial charge is 0.481 e. The molecule has 3 N–H and O–H groups in total. The molecule has 1 unspecified atom stereocenters. The Bertz CT molecular complexity index is 262. The fourth-order valence-electron chi connectivity index (χ4n) is 2.17. The van der Waals surface area contributed by atoms with Crippen molar-refractivity contribution < 1.29 is 14.7 Å². The van der Waals surface area contributed by atoms with Crippen molar-refractivity contribution in [3.63, 3.8) is 0 Å². The van der Waals surface area contributed by atoms with E-state index in [1.165, 1.54) is 0 Å². The van der Waals surface area contributed by atoms with Crippen molar-refractivity contribution >= 4 is 11.9 Å². The summed E-state index contributed by atoms with van der Waals surface area (Å²) < 4.78 is 0. The van der Waals surface area contributed by atoms with E-state index < -0.39 is 5.97 Å². The van der Waals surface area contributed by atoms with E-state index in [-0.39, 0.29) is 18.4 Å². The minimum atomic E-state index is -0.879. The summed E-state index contributed by atoms with van der Waals surface area (Å²) in [4.78, 5) is 22.0. The number of aliphatic carboxylic acids is 1. The zero-order valence-electron chi connectivity index (χ0n) is 10.4. The molecule has 0 aromatic rings. The average molecular weight is 242 g/mol. The van der Waals surface area contributed by atoms with Crippen molar-refractivity contribution in [1.82, 2.24) is 10.6 Å². The van der Waals surface area contributed by atoms with E-state index in [0.717, 1.165) is 32.4 Å². The second-order valence-corrected chi connectivity index (χ2v) is 4.80. The van der Waals surface area contributed by atoms with Gasteiger partial charge in [-0.15, -0.1) is 0 Å². The number of rotatable bonds is 6. The van der Waals surface area contributed by atoms with Crippen LogP contribution in [0.3, 0.4) is 0 Å². The van der Waals surface area contributed by atoms with E-state index in [2.05, 4.69) is 10.6 Å². The normalized spacial score (nSPS) is 18.6. The highest BCUT2D eigenvalue weighted by Crippen LogP contribution is 2.17. The van der Waals surface area contributed by atoms with E-state index in [9.17, 15) is 9.59 Å². The summed E-state index contributed by atoms with van der Waals surface area (Å²) in [6, 6.07) is -0.284. The molecule has 0 radical (unpaired) electrons. The number of amides is 1. The van der Waals surface area contributed by atoms with Crippen LogP contribution in [0.2, 0.25) is 0 Å². The highest BCUT2D eigenvalue weighted by molar-refractivity contribution is 5.77. The van der Waals surface area contributed by atoms with Crippen LogP contribution < -0.4 is 10.6 Å². The first-order chi connectivity index (χ1) is 8.08. The number of carbonyl (C=O) groups excluding carboxylic acids is 1. The predicted molar refractivity (Wildman–Crippen MR) is 64.7 cm³/mol. The van der Waals surface area contributed by atoms with Gasteiger partial charge >= 0.3 is 5.97 Å². The van der Waals surface area contributed by atoms with Gasteiger partial charge < -0.3 is 15.7 Å². The van der Waals surface area contributed by atoms with E-state index in [4.69, 9.17) is 5.11 Å². The van der Waals surface area contributed by atoms with Crippen molar-refractivity contribution in [1.29, 1.82) is 0 Å². The van der Waals surface area contributed by atoms with Crippen LogP contribution in [0.25, 0.3) is 0 Å². The monoisotopic (exact) mass is 242 g/mol. The first kappa shape index (κ1) is 14.0. The summed E-state index contributed by atoms with van der Waals surface area (Å²) in [6.45, 7) is 3.81. The maximum absolute atomic E-state index is 11.6. The van der Waals surface area contributed by atoms with Gasteiger partial charge in [0, 0.05) is 12.5 Å². The zero-order valence-corrected chi connectivity index (χ0v) is 10.4. The molecule has 0 aromatic heterocycles. The molecule has 1 saturated heterocycles. The Kier molecular flexibility index (Phi) is 5.97. The molecule has 17 heavy (non-hydrogen) atoms. The van der Waals surface area contributed by atoms with Crippen LogP contribution in [-0.2, 0) is 9.59 Å². The minimum Gasteiger partial charge on any atom is -0.481 e. The quantitative estimate of drug-likeness (QED) is 0.642. The molecule has 0 aliphatic carbocycles. The molecule has 1 fully saturated rings. The number of carboxylic acids is 1. The Morgan fingerprint density at radius 2 is 2.06 bits per heavy atom. The van der Waals surface area contributed by atoms with E-state index in [1.54, 1.807) is 6.92 Å². The van der Waals surface area contributed by atoms with Crippen LogP contribution in [-0.4, -0.2) is 36.1 Å². The fraction of sp³-hybridized carbons (Fsp3) is 0.833. The predicted octanol–water partition coefficient (Wildman–Crippen LogP) is 0.746. The molecule has 5 heteroatoms. The number of hydrogen-bond acceptors (Lipinski definition) is 3. The third kappa shape index (κ3) is 6.26. The van der Waals surface area contributed by atoms with Gasteiger partial charge in [-0.2, -0.15) is 0 Å². The van der Waals surface area contributed by atoms with Crippen molar-refractivity contribution in [2.75, 3.05) is 13.1 Å². The van der Waals surface area contributed by atoms with Crippen LogP contribution in [0.5, 0.6) is 0 Å². The Morgan fingerprint density at radius 3 is 2.65 bits per heavy atom. The number of piperidine rings is 1. The van der Waals surface area contributed by atoms with Crippen molar-refractivity contribution in [3.05, 3.63) is 0 Å². The van der Waals surface area contributed by atoms with Gasteiger partial charge in [0.15, 0.2) is 0 Å². The maximum Gasteiger partial charge on any atom is 0.305 e. The topological polar surface area (TPSA) is 78.4 Å². The van der Waals surface area contributed by atoms with Crippen LogP contribution in [0, 0.1) is 5.92 Å². The first-order valence-corrected chi connectivity index (χ1v) is 6.30. The number of nitrogens with one attached hydrogen (secondary N) is 2. The van der Waals surface area contributed by atoms with Gasteiger partial charge in [-0.3, -0.25) is 9.59 Å². The molecule has 5 nitrogen and oxygen atoms in total. The molecular formula is C12H22N2O3. The van der Waals surface area contributed by atoms with Gasteiger partial charge in [-0.1, -0.05) is 0 Å². The molecule has 0 bridgehead atoms. The Morgan fingerprint density at radius 1 is 1.41 bits per heavy atom. The van der Waals surface area contributed by atoms with Gasteiger partial charge in [0.1, 0.15) is 0 Å². The molecule has 1 rings (SSSR count). The standard InChI is InChI=1S/C12H22N2O3/c1-9(8-12(16)17)14-11(15)3-2-10-4-6-13-7-5-10/h9-10,13H,2-8H2,1H3,(H,14,15)(H,16,17). The number of carbonyl (C=O) groups is 2. The highest BCUT2D eigenvalue weighted by Gasteiger charge is 2.16. The van der Waals surface area contributed by atoms with Crippen LogP contribution in [0.4, 0.5) is 0 Å². The zero-order chi connectivity index (χ0) is 12.7. The lowest BCUT2D eigenvalue weighted by Gasteiger charge is -2.22. The molecule has 1 amide bonds. The van der Waals surface area contributed by atoms with Crippen LogP contribution in [0.15, 0.2) is 0 Å². The summed E-state index contributed by atoms with van der Waals surface area (Å²) in [5, 5.41) is 14.6. The van der Waals surface area contributed by atoms with Gasteiger partial charge in [-0.05, 0) is 45.2 Å². The Hall–Kier alpha value is -1.10. The number of carboxylic acid groups (broad SMARTS) is 1. The molecule has 0 aromatic carbocycles. The Labute approximate surface area is 102 Å². The van der Waals surface area contributed by atoms with E-state index in [0.29, 0.717) is 12.3 Å². The molecule has 1 aliphatic rings. The second kappa shape index (κ2) is 7.27. The SMILES string of the molecule is CC(CC(=O)O)NC(=O)CCC1CCNCC1. The summed E-state index contributed by atoms with van der Waals surface area (Å²) in [5.74, 6) is -0.273. The first-order valence-electron chi connectivity index (χ1n) is 6.30. The molecule has 0 spiro atoms. The minimum absolute atomic E-state index is 0.0148. The summed E-state index contributed by atoms with van der Waals surface area (Å²) in [6.07, 6.45) is 3.68. The lowest BCUT2D eigenvalue weighted by Crippen LogP contribution is -2.35. The molecule has 1 heterocycles. The van der Waals surface area contributed by atoms with Crippen molar-refractivity contribution in [2.45, 2.75) is 45.1 Å². The molecule has 98 valence electrons. The smallest absolute Gasteiger partial charge is 0.305 e. The van der Waals surface area contributed by atoms with Crippen LogP contribution >= 0.6 is 0 Å². The van der Waals surface area contributed by atoms with Crippen molar-refractivity contribution in [2.24, 2.45) is 5.92 Å². The average Bonchev–Trinajstić information content (AvgIpc) is 2.26. The van der Waals surface area contributed by atoms with Gasteiger partial charge in [-0.25, -0.2) is 0 Å². The molecule has 0 saturated carbocycles. The highest BCUT2D eigenvalue weighted by atomic mass is 16.4. The van der Waals surface area contributed by atoms with Crippen molar-refractivity contribution in [3.8, 4) is 0 Å². The third-order valence-electron chi connectivity index (χ3n) is 3.13. The molecule has 1 aliphatic heterocycles. The van der Waals surface area contributed by atoms with Gasteiger partial charge in [0.25, 0.3) is 0 Å². The number of hydrogen-bond donors (Lipinski definition) is 3. The summed E-state index contributed by atoms with van der Waals surface area (Å²) in [7, 11) is 0. The van der Waals surface area contributed by atoms with E-state index >= 15 is 0 Å². The summed E-state index contributed by atoms with van der Waals surface area (Å²) >= 11 is 0. The lowest BCUT2D eigenvalue weighted by molar-refractivity contribution is -0.137. The maximum atomic E-state index is 11.6. The Balaban J connectivity index is 2.13. The van der Waals surface area contributed by atoms with Crippen LogP contribution in [0.1, 0.15) is 39.0 Å². The van der Waals surface area contributed by atoms with Gasteiger partial charge in [0.05, 0.1) is 6.42 Å².